The number of carbonyl (C=O) groups is 1. The number of oxime groups is 1. The first kappa shape index (κ1) is 12.2. The summed E-state index contributed by atoms with van der Waals surface area (Å²) in [5, 5.41) is 4.79. The van der Waals surface area contributed by atoms with E-state index in [0.29, 0.717) is 5.56 Å². The van der Waals surface area contributed by atoms with Crippen molar-refractivity contribution in [3.63, 3.8) is 0 Å². The number of hydroxylamine groups is 2. The van der Waals surface area contributed by atoms with Gasteiger partial charge in [0.2, 0.25) is 0 Å². The van der Waals surface area contributed by atoms with Gasteiger partial charge in [-0.2, -0.15) is 0 Å². The summed E-state index contributed by atoms with van der Waals surface area (Å²) in [6, 6.07) is 6.96. The van der Waals surface area contributed by atoms with E-state index in [2.05, 4.69) is 9.99 Å². The monoisotopic (exact) mass is 222 g/mol. The predicted molar refractivity (Wildman–Crippen MR) is 60.1 cm³/mol. The van der Waals surface area contributed by atoms with Crippen molar-refractivity contribution in [1.82, 2.24) is 5.06 Å². The van der Waals surface area contributed by atoms with Crippen LogP contribution in [0.15, 0.2) is 29.4 Å². The lowest BCUT2D eigenvalue weighted by molar-refractivity contribution is -0.0756. The highest BCUT2D eigenvalue weighted by Crippen LogP contribution is 2.05. The average molecular weight is 222 g/mol. The molecular formula is C11H14N2O3. The van der Waals surface area contributed by atoms with E-state index in [9.17, 15) is 4.79 Å². The van der Waals surface area contributed by atoms with Crippen LogP contribution in [0.4, 0.5) is 0 Å². The van der Waals surface area contributed by atoms with Crippen molar-refractivity contribution in [3.8, 4) is 0 Å². The summed E-state index contributed by atoms with van der Waals surface area (Å²) in [4.78, 5) is 21.0. The van der Waals surface area contributed by atoms with E-state index in [0.717, 1.165) is 10.6 Å². The standard InChI is InChI=1S/C11H14N2O3/c1-13(16-3)11(14)10-6-4-9(5-7-10)8-12-15-2/h4-8H,1-3H3/b12-8+. The molecule has 5 nitrogen and oxygen atoms in total. The van der Waals surface area contributed by atoms with Crippen LogP contribution in [-0.4, -0.2) is 38.5 Å². The van der Waals surface area contributed by atoms with Crippen LogP contribution in [0.5, 0.6) is 0 Å². The number of hydrogen-bond acceptors (Lipinski definition) is 4. The zero-order valence-corrected chi connectivity index (χ0v) is 9.51. The molecule has 1 rings (SSSR count). The highest BCUT2D eigenvalue weighted by molar-refractivity contribution is 5.94. The van der Waals surface area contributed by atoms with Crippen LogP contribution in [0, 0.1) is 0 Å². The molecule has 0 unspecified atom stereocenters. The lowest BCUT2D eigenvalue weighted by atomic mass is 10.1. The first-order valence-corrected chi connectivity index (χ1v) is 4.67. The van der Waals surface area contributed by atoms with Crippen molar-refractivity contribution in [1.29, 1.82) is 0 Å². The predicted octanol–water partition coefficient (Wildman–Crippen LogP) is 1.30. The van der Waals surface area contributed by atoms with Gasteiger partial charge in [-0.05, 0) is 17.7 Å². The van der Waals surface area contributed by atoms with E-state index in [4.69, 9.17) is 4.84 Å². The topological polar surface area (TPSA) is 51.1 Å². The number of carbonyl (C=O) groups excluding carboxylic acids is 1. The van der Waals surface area contributed by atoms with Crippen LogP contribution in [-0.2, 0) is 9.68 Å². The highest BCUT2D eigenvalue weighted by Gasteiger charge is 2.10. The summed E-state index contributed by atoms with van der Waals surface area (Å²) in [7, 11) is 4.47. The van der Waals surface area contributed by atoms with Gasteiger partial charge in [-0.3, -0.25) is 9.63 Å². The summed E-state index contributed by atoms with van der Waals surface area (Å²) in [6.45, 7) is 0. The van der Waals surface area contributed by atoms with E-state index in [-0.39, 0.29) is 5.91 Å². The maximum atomic E-state index is 11.6. The van der Waals surface area contributed by atoms with Gasteiger partial charge in [0.25, 0.3) is 5.91 Å². The van der Waals surface area contributed by atoms with Crippen molar-refractivity contribution in [2.45, 2.75) is 0 Å². The van der Waals surface area contributed by atoms with Crippen molar-refractivity contribution in [3.05, 3.63) is 35.4 Å². The maximum Gasteiger partial charge on any atom is 0.277 e. The first-order chi connectivity index (χ1) is 7.69. The van der Waals surface area contributed by atoms with Crippen molar-refractivity contribution in [2.24, 2.45) is 5.16 Å². The van der Waals surface area contributed by atoms with E-state index in [1.807, 2.05) is 0 Å². The average Bonchev–Trinajstić information content (AvgIpc) is 2.35. The largest absolute Gasteiger partial charge is 0.399 e. The minimum atomic E-state index is -0.197. The summed E-state index contributed by atoms with van der Waals surface area (Å²) < 4.78 is 0. The Bertz CT molecular complexity index is 373. The highest BCUT2D eigenvalue weighted by atomic mass is 16.7. The molecule has 0 saturated carbocycles. The summed E-state index contributed by atoms with van der Waals surface area (Å²) in [5.41, 5.74) is 1.41. The van der Waals surface area contributed by atoms with Crippen LogP contribution in [0.1, 0.15) is 15.9 Å². The molecule has 16 heavy (non-hydrogen) atoms. The fraction of sp³-hybridized carbons (Fsp3) is 0.273. The quantitative estimate of drug-likeness (QED) is 0.570. The summed E-state index contributed by atoms with van der Waals surface area (Å²) in [6.07, 6.45) is 1.56. The van der Waals surface area contributed by atoms with E-state index in [1.54, 1.807) is 37.5 Å². The van der Waals surface area contributed by atoms with Crippen molar-refractivity contribution < 1.29 is 14.5 Å². The van der Waals surface area contributed by atoms with E-state index >= 15 is 0 Å². The Morgan fingerprint density at radius 2 is 1.94 bits per heavy atom. The van der Waals surface area contributed by atoms with Crippen molar-refractivity contribution >= 4 is 12.1 Å². The molecule has 0 radical (unpaired) electrons. The Balaban J connectivity index is 2.78. The smallest absolute Gasteiger partial charge is 0.277 e. The molecule has 0 saturated heterocycles. The molecule has 0 atom stereocenters. The van der Waals surface area contributed by atoms with Crippen LogP contribution in [0.2, 0.25) is 0 Å². The van der Waals surface area contributed by atoms with Gasteiger partial charge in [0, 0.05) is 12.6 Å². The Morgan fingerprint density at radius 3 is 2.44 bits per heavy atom. The van der Waals surface area contributed by atoms with Gasteiger partial charge in [0.15, 0.2) is 0 Å². The molecule has 1 amide bonds. The minimum absolute atomic E-state index is 0.197. The second-order valence-corrected chi connectivity index (χ2v) is 3.02. The molecule has 0 heterocycles. The fourth-order valence-electron chi connectivity index (χ4n) is 1.09. The van der Waals surface area contributed by atoms with Crippen LogP contribution in [0.3, 0.4) is 0 Å². The van der Waals surface area contributed by atoms with Gasteiger partial charge < -0.3 is 4.84 Å². The molecule has 0 aliphatic carbocycles. The molecular weight excluding hydrogens is 208 g/mol. The molecule has 1 aromatic rings. The maximum absolute atomic E-state index is 11.6. The first-order valence-electron chi connectivity index (χ1n) is 4.67. The summed E-state index contributed by atoms with van der Waals surface area (Å²) in [5.74, 6) is -0.197. The molecule has 0 spiro atoms. The fourth-order valence-corrected chi connectivity index (χ4v) is 1.09. The number of hydrogen-bond donors (Lipinski definition) is 0. The number of amides is 1. The van der Waals surface area contributed by atoms with Gasteiger partial charge in [-0.25, -0.2) is 5.06 Å². The van der Waals surface area contributed by atoms with Crippen LogP contribution in [0.25, 0.3) is 0 Å². The Hall–Kier alpha value is -1.88. The second kappa shape index (κ2) is 5.87. The Morgan fingerprint density at radius 1 is 1.31 bits per heavy atom. The van der Waals surface area contributed by atoms with Crippen LogP contribution < -0.4 is 0 Å². The Kier molecular flexibility index (Phi) is 4.47. The lowest BCUT2D eigenvalue weighted by Gasteiger charge is -2.13. The summed E-state index contributed by atoms with van der Waals surface area (Å²) >= 11 is 0. The van der Waals surface area contributed by atoms with Gasteiger partial charge in [0.1, 0.15) is 7.11 Å². The van der Waals surface area contributed by atoms with E-state index in [1.165, 1.54) is 14.2 Å². The lowest BCUT2D eigenvalue weighted by Crippen LogP contribution is -2.25. The third kappa shape index (κ3) is 3.06. The van der Waals surface area contributed by atoms with Gasteiger partial charge >= 0.3 is 0 Å². The molecule has 1 aromatic carbocycles. The normalized spacial score (nSPS) is 10.4. The zero-order chi connectivity index (χ0) is 12.0. The van der Waals surface area contributed by atoms with Gasteiger partial charge in [-0.1, -0.05) is 17.3 Å². The van der Waals surface area contributed by atoms with Crippen LogP contribution >= 0.6 is 0 Å². The molecule has 0 aliphatic rings. The Labute approximate surface area is 94.2 Å². The second-order valence-electron chi connectivity index (χ2n) is 3.02. The molecule has 0 aliphatic heterocycles. The zero-order valence-electron chi connectivity index (χ0n) is 9.51. The third-order valence-corrected chi connectivity index (χ3v) is 2.02. The van der Waals surface area contributed by atoms with Gasteiger partial charge in [0.05, 0.1) is 13.3 Å². The molecule has 5 heteroatoms. The number of benzene rings is 1. The SMILES string of the molecule is CO/N=C/c1ccc(C(=O)N(C)OC)cc1. The van der Waals surface area contributed by atoms with Crippen molar-refractivity contribution in [2.75, 3.05) is 21.3 Å². The number of nitrogens with zero attached hydrogens (tertiary/aromatic N) is 2. The third-order valence-electron chi connectivity index (χ3n) is 2.02. The number of rotatable bonds is 4. The molecule has 86 valence electrons. The molecule has 0 aromatic heterocycles. The van der Waals surface area contributed by atoms with E-state index < -0.39 is 0 Å². The van der Waals surface area contributed by atoms with Gasteiger partial charge in [-0.15, -0.1) is 0 Å². The molecule has 0 fully saturated rings. The minimum Gasteiger partial charge on any atom is -0.399 e. The molecule has 0 bridgehead atoms. The molecule has 0 N–H and O–H groups in total.